The molecule has 0 amide bonds. The van der Waals surface area contributed by atoms with Crippen molar-refractivity contribution in [3.05, 3.63) is 0 Å². The summed E-state index contributed by atoms with van der Waals surface area (Å²) < 4.78 is 22.8. The fraction of sp³-hybridized carbons (Fsp3) is 0.700. The predicted octanol–water partition coefficient (Wildman–Crippen LogP) is 0.119. The molecule has 5 heteroatoms. The first-order valence-electron chi connectivity index (χ1n) is 4.74. The van der Waals surface area contributed by atoms with E-state index in [1.807, 2.05) is 0 Å². The number of rotatable bonds is 6. The zero-order valence-electron chi connectivity index (χ0n) is 9.06. The summed E-state index contributed by atoms with van der Waals surface area (Å²) in [7, 11) is -3.17. The second kappa shape index (κ2) is 5.89. The van der Waals surface area contributed by atoms with Gasteiger partial charge in [0.2, 0.25) is 0 Å². The Kier molecular flexibility index (Phi) is 5.55. The lowest BCUT2D eigenvalue weighted by molar-refractivity contribution is -0.119. The Labute approximate surface area is 91.1 Å². The molecule has 0 bridgehead atoms. The van der Waals surface area contributed by atoms with Crippen LogP contribution >= 0.6 is 0 Å². The van der Waals surface area contributed by atoms with Gasteiger partial charge in [0.05, 0.1) is 17.0 Å². The Morgan fingerprint density at radius 1 is 1.47 bits per heavy atom. The molecule has 0 rings (SSSR count). The monoisotopic (exact) mass is 231 g/mol. The number of hydrogen-bond acceptors (Lipinski definition) is 4. The van der Waals surface area contributed by atoms with E-state index < -0.39 is 21.1 Å². The molecule has 0 aromatic heterocycles. The molecule has 4 nitrogen and oxygen atoms in total. The molecule has 0 aliphatic rings. The van der Waals surface area contributed by atoms with Crippen molar-refractivity contribution in [3.8, 4) is 12.3 Å². The van der Waals surface area contributed by atoms with Gasteiger partial charge in [-0.2, -0.15) is 0 Å². The summed E-state index contributed by atoms with van der Waals surface area (Å²) in [5, 5.41) is -0.464. The van der Waals surface area contributed by atoms with Crippen LogP contribution in [0.3, 0.4) is 0 Å². The first-order valence-corrected chi connectivity index (χ1v) is 6.46. The van der Waals surface area contributed by atoms with Crippen LogP contribution in [0.15, 0.2) is 0 Å². The van der Waals surface area contributed by atoms with Gasteiger partial charge < -0.3 is 5.73 Å². The van der Waals surface area contributed by atoms with Gasteiger partial charge in [0.15, 0.2) is 15.6 Å². The van der Waals surface area contributed by atoms with Crippen molar-refractivity contribution in [2.75, 3.05) is 5.75 Å². The second-order valence-corrected chi connectivity index (χ2v) is 6.32. The van der Waals surface area contributed by atoms with E-state index in [2.05, 4.69) is 5.92 Å². The summed E-state index contributed by atoms with van der Waals surface area (Å²) in [5.74, 6) is 1.83. The zero-order valence-corrected chi connectivity index (χ0v) is 9.88. The summed E-state index contributed by atoms with van der Waals surface area (Å²) in [6.45, 7) is 3.17. The quantitative estimate of drug-likeness (QED) is 0.659. The Bertz CT molecular complexity index is 351. The molecule has 15 heavy (non-hydrogen) atoms. The minimum atomic E-state index is -3.17. The van der Waals surface area contributed by atoms with Gasteiger partial charge in [-0.1, -0.05) is 0 Å². The van der Waals surface area contributed by atoms with E-state index in [4.69, 9.17) is 12.2 Å². The van der Waals surface area contributed by atoms with Crippen molar-refractivity contribution in [2.45, 2.75) is 38.0 Å². The number of carbonyl (C=O) groups is 1. The third-order valence-corrected chi connectivity index (χ3v) is 4.31. The Morgan fingerprint density at radius 3 is 2.40 bits per heavy atom. The highest BCUT2D eigenvalue weighted by Gasteiger charge is 2.20. The fourth-order valence-corrected chi connectivity index (χ4v) is 1.86. The normalized spacial score (nSPS) is 13.5. The van der Waals surface area contributed by atoms with Gasteiger partial charge in [-0.05, 0) is 13.8 Å². The van der Waals surface area contributed by atoms with Crippen LogP contribution in [0, 0.1) is 12.3 Å². The highest BCUT2D eigenvalue weighted by Crippen LogP contribution is 2.04. The van der Waals surface area contributed by atoms with Crippen molar-refractivity contribution in [1.82, 2.24) is 0 Å². The topological polar surface area (TPSA) is 77.2 Å². The number of terminal acetylenes is 1. The van der Waals surface area contributed by atoms with Gasteiger partial charge in [0.25, 0.3) is 0 Å². The van der Waals surface area contributed by atoms with Gasteiger partial charge >= 0.3 is 0 Å². The van der Waals surface area contributed by atoms with Crippen molar-refractivity contribution in [3.63, 3.8) is 0 Å². The van der Waals surface area contributed by atoms with E-state index >= 15 is 0 Å². The van der Waals surface area contributed by atoms with Crippen molar-refractivity contribution in [1.29, 1.82) is 0 Å². The lowest BCUT2D eigenvalue weighted by Crippen LogP contribution is -2.32. The van der Waals surface area contributed by atoms with E-state index in [9.17, 15) is 13.2 Å². The molecule has 0 heterocycles. The maximum absolute atomic E-state index is 11.4. The molecule has 1 unspecified atom stereocenters. The number of sulfone groups is 1. The molecule has 0 aliphatic carbocycles. The van der Waals surface area contributed by atoms with Gasteiger partial charge in [-0.15, -0.1) is 12.3 Å². The van der Waals surface area contributed by atoms with Gasteiger partial charge in [0, 0.05) is 12.8 Å². The van der Waals surface area contributed by atoms with Gasteiger partial charge in [-0.25, -0.2) is 8.42 Å². The Morgan fingerprint density at radius 2 is 2.00 bits per heavy atom. The third kappa shape index (κ3) is 4.96. The average molecular weight is 231 g/mol. The van der Waals surface area contributed by atoms with E-state index in [0.29, 0.717) is 0 Å². The van der Waals surface area contributed by atoms with Crippen LogP contribution in [0.4, 0.5) is 0 Å². The zero-order chi connectivity index (χ0) is 12.1. The molecule has 0 aromatic rings. The molecule has 2 N–H and O–H groups in total. The molecular formula is C10H17NO3S. The molecule has 0 aliphatic heterocycles. The molecule has 0 saturated carbocycles. The van der Waals surface area contributed by atoms with E-state index in [1.165, 1.54) is 0 Å². The number of ketones is 1. The number of nitrogens with two attached hydrogens (primary N) is 1. The fourth-order valence-electron chi connectivity index (χ4n) is 0.905. The molecule has 0 spiro atoms. The molecule has 1 atom stereocenters. The van der Waals surface area contributed by atoms with Crippen molar-refractivity contribution >= 4 is 15.6 Å². The lowest BCUT2D eigenvalue weighted by Gasteiger charge is -2.09. The molecule has 0 fully saturated rings. The first kappa shape index (κ1) is 14.1. The van der Waals surface area contributed by atoms with Gasteiger partial charge in [-0.3, -0.25) is 4.79 Å². The third-order valence-electron chi connectivity index (χ3n) is 2.10. The second-order valence-electron chi connectivity index (χ2n) is 3.65. The van der Waals surface area contributed by atoms with Crippen LogP contribution in [0.2, 0.25) is 0 Å². The smallest absolute Gasteiger partial charge is 0.153 e. The predicted molar refractivity (Wildman–Crippen MR) is 60.0 cm³/mol. The van der Waals surface area contributed by atoms with Gasteiger partial charge in [0.1, 0.15) is 0 Å². The largest absolute Gasteiger partial charge is 0.321 e. The Balaban J connectivity index is 4.19. The average Bonchev–Trinajstić information content (AvgIpc) is 2.14. The van der Waals surface area contributed by atoms with Crippen LogP contribution in [-0.2, 0) is 14.6 Å². The molecule has 0 saturated heterocycles. The van der Waals surface area contributed by atoms with Crippen molar-refractivity contribution in [2.24, 2.45) is 5.73 Å². The van der Waals surface area contributed by atoms with Crippen LogP contribution < -0.4 is 5.73 Å². The Hall–Kier alpha value is -0.860. The molecule has 0 radical (unpaired) electrons. The minimum Gasteiger partial charge on any atom is -0.321 e. The summed E-state index contributed by atoms with van der Waals surface area (Å²) in [6.07, 6.45) is 5.10. The van der Waals surface area contributed by atoms with Crippen LogP contribution in [0.1, 0.15) is 26.7 Å². The van der Waals surface area contributed by atoms with E-state index in [1.54, 1.807) is 13.8 Å². The van der Waals surface area contributed by atoms with Crippen LogP contribution in [0.5, 0.6) is 0 Å². The first-order chi connectivity index (χ1) is 6.81. The molecule has 86 valence electrons. The van der Waals surface area contributed by atoms with Crippen LogP contribution in [0.25, 0.3) is 0 Å². The lowest BCUT2D eigenvalue weighted by atomic mass is 10.1. The summed E-state index contributed by atoms with van der Waals surface area (Å²) in [5.41, 5.74) is 5.45. The SMILES string of the molecule is C#CCC(N)C(=O)CCS(=O)(=O)C(C)C. The van der Waals surface area contributed by atoms with E-state index in [0.717, 1.165) is 0 Å². The molecule has 0 aromatic carbocycles. The number of hydrogen-bond donors (Lipinski definition) is 1. The summed E-state index contributed by atoms with van der Waals surface area (Å²) in [4.78, 5) is 11.3. The number of Topliss-reactive ketones (excluding diaryl/α,β-unsaturated/α-hetero) is 1. The standard InChI is InChI=1S/C10H17NO3S/c1-4-5-9(11)10(12)6-7-15(13,14)8(2)3/h1,8-9H,5-7,11H2,2-3H3. The minimum absolute atomic E-state index is 0.0522. The summed E-state index contributed by atoms with van der Waals surface area (Å²) in [6, 6.07) is -0.739. The van der Waals surface area contributed by atoms with Crippen molar-refractivity contribution < 1.29 is 13.2 Å². The molecular weight excluding hydrogens is 214 g/mol. The van der Waals surface area contributed by atoms with E-state index in [-0.39, 0.29) is 24.4 Å². The highest BCUT2D eigenvalue weighted by molar-refractivity contribution is 7.91. The maximum Gasteiger partial charge on any atom is 0.153 e. The van der Waals surface area contributed by atoms with Crippen LogP contribution in [-0.4, -0.2) is 31.2 Å². The maximum atomic E-state index is 11.4. The highest BCUT2D eigenvalue weighted by atomic mass is 32.2. The number of carbonyl (C=O) groups excluding carboxylic acids is 1. The summed E-state index contributed by atoms with van der Waals surface area (Å²) >= 11 is 0.